The summed E-state index contributed by atoms with van der Waals surface area (Å²) in [7, 11) is -4.30. The summed E-state index contributed by atoms with van der Waals surface area (Å²) < 4.78 is 59.4. The first kappa shape index (κ1) is 19.2. The van der Waals surface area contributed by atoms with Crippen molar-refractivity contribution in [2.45, 2.75) is 24.3 Å². The van der Waals surface area contributed by atoms with Gasteiger partial charge in [0.05, 0.1) is 6.61 Å². The summed E-state index contributed by atoms with van der Waals surface area (Å²) >= 11 is 0. The highest BCUT2D eigenvalue weighted by Gasteiger charge is 2.34. The van der Waals surface area contributed by atoms with E-state index >= 15 is 0 Å². The van der Waals surface area contributed by atoms with Gasteiger partial charge in [-0.15, -0.1) is 0 Å². The number of ether oxygens (including phenoxy) is 1. The third-order valence-electron chi connectivity index (χ3n) is 4.09. The van der Waals surface area contributed by atoms with Crippen molar-refractivity contribution in [3.05, 3.63) is 54.1 Å². The monoisotopic (exact) mass is 396 g/mol. The molecule has 0 spiro atoms. The average Bonchev–Trinajstić information content (AvgIpc) is 2.97. The van der Waals surface area contributed by atoms with Crippen LogP contribution in [0, 0.1) is 11.6 Å². The Morgan fingerprint density at radius 3 is 2.56 bits per heavy atom. The Hall–Kier alpha value is -2.52. The van der Waals surface area contributed by atoms with Gasteiger partial charge in [-0.25, -0.2) is 21.9 Å². The van der Waals surface area contributed by atoms with E-state index in [9.17, 15) is 22.0 Å². The maximum atomic E-state index is 13.8. The van der Waals surface area contributed by atoms with Gasteiger partial charge >= 0.3 is 0 Å². The lowest BCUT2D eigenvalue weighted by Gasteiger charge is -2.18. The molecule has 0 bridgehead atoms. The predicted octanol–water partition coefficient (Wildman–Crippen LogP) is 2.45. The molecular weight excluding hydrogens is 378 g/mol. The number of hydrogen-bond acceptors (Lipinski definition) is 4. The number of halogens is 2. The molecule has 1 heterocycles. The van der Waals surface area contributed by atoms with E-state index in [1.807, 2.05) is 6.92 Å². The van der Waals surface area contributed by atoms with Gasteiger partial charge in [0.15, 0.2) is 0 Å². The highest BCUT2D eigenvalue weighted by molar-refractivity contribution is 7.89. The van der Waals surface area contributed by atoms with Crippen LogP contribution in [0.4, 0.5) is 14.5 Å². The summed E-state index contributed by atoms with van der Waals surface area (Å²) in [6.45, 7) is 2.46. The second-order valence-corrected chi connectivity index (χ2v) is 7.71. The summed E-state index contributed by atoms with van der Waals surface area (Å²) in [6, 6.07) is 8.27. The van der Waals surface area contributed by atoms with Crippen LogP contribution >= 0.6 is 0 Å². The fraction of sp³-hybridized carbons (Fsp3) is 0.278. The van der Waals surface area contributed by atoms with Crippen LogP contribution in [0.3, 0.4) is 0 Å². The molecule has 0 saturated carbocycles. The number of anilines is 1. The second kappa shape index (κ2) is 7.61. The number of nitrogens with zero attached hydrogens (tertiary/aromatic N) is 1. The van der Waals surface area contributed by atoms with Crippen LogP contribution in [0.15, 0.2) is 47.4 Å². The lowest BCUT2D eigenvalue weighted by atomic mass is 10.3. The quantitative estimate of drug-likeness (QED) is 0.814. The minimum Gasteiger partial charge on any atom is -0.494 e. The van der Waals surface area contributed by atoms with Gasteiger partial charge in [0.2, 0.25) is 15.9 Å². The number of hydrogen-bond donors (Lipinski definition) is 1. The smallest absolute Gasteiger partial charge is 0.243 e. The maximum Gasteiger partial charge on any atom is 0.243 e. The molecule has 0 radical (unpaired) electrons. The molecule has 144 valence electrons. The summed E-state index contributed by atoms with van der Waals surface area (Å²) in [6.07, 6.45) is -0.0800. The van der Waals surface area contributed by atoms with Gasteiger partial charge in [0.1, 0.15) is 22.3 Å². The number of nitrogens with one attached hydrogen (secondary N) is 1. The van der Waals surface area contributed by atoms with Gasteiger partial charge < -0.3 is 9.64 Å². The van der Waals surface area contributed by atoms with Crippen LogP contribution in [-0.2, 0) is 14.8 Å². The molecular formula is C18H18F2N2O4S. The van der Waals surface area contributed by atoms with Crippen LogP contribution in [0.5, 0.6) is 5.75 Å². The number of carbonyl (C=O) groups excluding carboxylic acids is 1. The second-order valence-electron chi connectivity index (χ2n) is 6.03. The van der Waals surface area contributed by atoms with E-state index in [0.29, 0.717) is 24.1 Å². The first-order valence-corrected chi connectivity index (χ1v) is 9.79. The van der Waals surface area contributed by atoms with Crippen LogP contribution in [0.2, 0.25) is 0 Å². The van der Waals surface area contributed by atoms with Gasteiger partial charge in [-0.05, 0) is 49.4 Å². The molecule has 1 atom stereocenters. The van der Waals surface area contributed by atoms with E-state index < -0.39 is 32.6 Å². The van der Waals surface area contributed by atoms with Crippen LogP contribution < -0.4 is 14.4 Å². The SMILES string of the molecule is CCOc1ccc(N2CC(NS(=O)(=O)c3cc(F)ccc3F)CC2=O)cc1. The molecule has 1 amide bonds. The van der Waals surface area contributed by atoms with E-state index in [0.717, 1.165) is 12.1 Å². The van der Waals surface area contributed by atoms with Crippen molar-refractivity contribution < 1.29 is 26.7 Å². The molecule has 2 aromatic rings. The molecule has 1 unspecified atom stereocenters. The van der Waals surface area contributed by atoms with E-state index in [-0.39, 0.29) is 18.9 Å². The number of carbonyl (C=O) groups is 1. The first-order valence-electron chi connectivity index (χ1n) is 8.31. The molecule has 0 aromatic heterocycles. The summed E-state index contributed by atoms with van der Waals surface area (Å²) in [5, 5.41) is 0. The molecule has 9 heteroatoms. The fourth-order valence-electron chi connectivity index (χ4n) is 2.89. The average molecular weight is 396 g/mol. The number of benzene rings is 2. The van der Waals surface area contributed by atoms with Crippen molar-refractivity contribution in [3.63, 3.8) is 0 Å². The zero-order valence-electron chi connectivity index (χ0n) is 14.5. The fourth-order valence-corrected chi connectivity index (χ4v) is 4.21. The van der Waals surface area contributed by atoms with Crippen LogP contribution in [0.1, 0.15) is 13.3 Å². The number of rotatable bonds is 6. The minimum atomic E-state index is -4.30. The Bertz CT molecular complexity index is 948. The van der Waals surface area contributed by atoms with Crippen molar-refractivity contribution in [1.29, 1.82) is 0 Å². The zero-order chi connectivity index (χ0) is 19.6. The molecule has 3 rings (SSSR count). The van der Waals surface area contributed by atoms with Gasteiger partial charge in [-0.2, -0.15) is 0 Å². The molecule has 1 aliphatic heterocycles. The third-order valence-corrected chi connectivity index (χ3v) is 5.62. The summed E-state index contributed by atoms with van der Waals surface area (Å²) in [4.78, 5) is 12.9. The lowest BCUT2D eigenvalue weighted by Crippen LogP contribution is -2.37. The standard InChI is InChI=1S/C18H18F2N2O4S/c1-2-26-15-6-4-14(5-7-15)22-11-13(10-18(22)23)21-27(24,25)17-9-12(19)3-8-16(17)20/h3-9,13,21H,2,10-11H2,1H3. The molecule has 27 heavy (non-hydrogen) atoms. The van der Waals surface area contributed by atoms with Crippen LogP contribution in [-0.4, -0.2) is 33.5 Å². The largest absolute Gasteiger partial charge is 0.494 e. The minimum absolute atomic E-state index is 0.0800. The lowest BCUT2D eigenvalue weighted by molar-refractivity contribution is -0.117. The molecule has 1 N–H and O–H groups in total. The van der Waals surface area contributed by atoms with Gasteiger partial charge in [-0.3, -0.25) is 4.79 Å². The van der Waals surface area contributed by atoms with E-state index in [4.69, 9.17) is 4.74 Å². The Morgan fingerprint density at radius 2 is 1.89 bits per heavy atom. The Balaban J connectivity index is 1.74. The zero-order valence-corrected chi connectivity index (χ0v) is 15.3. The Morgan fingerprint density at radius 1 is 1.19 bits per heavy atom. The number of sulfonamides is 1. The molecule has 2 aromatic carbocycles. The van der Waals surface area contributed by atoms with E-state index in [1.165, 1.54) is 4.90 Å². The summed E-state index contributed by atoms with van der Waals surface area (Å²) in [5.74, 6) is -1.54. The van der Waals surface area contributed by atoms with E-state index in [1.54, 1.807) is 24.3 Å². The van der Waals surface area contributed by atoms with Crippen molar-refractivity contribution in [2.75, 3.05) is 18.1 Å². The molecule has 1 aliphatic rings. The van der Waals surface area contributed by atoms with Crippen molar-refractivity contribution in [1.82, 2.24) is 4.72 Å². The van der Waals surface area contributed by atoms with Crippen molar-refractivity contribution in [3.8, 4) is 5.75 Å². The highest BCUT2D eigenvalue weighted by Crippen LogP contribution is 2.25. The molecule has 1 saturated heterocycles. The van der Waals surface area contributed by atoms with Gasteiger partial charge in [-0.1, -0.05) is 0 Å². The van der Waals surface area contributed by atoms with E-state index in [2.05, 4.69) is 4.72 Å². The predicted molar refractivity (Wildman–Crippen MR) is 95.0 cm³/mol. The van der Waals surface area contributed by atoms with Gasteiger partial charge in [0, 0.05) is 24.7 Å². The Kier molecular flexibility index (Phi) is 5.43. The third kappa shape index (κ3) is 4.25. The van der Waals surface area contributed by atoms with Crippen LogP contribution in [0.25, 0.3) is 0 Å². The summed E-state index contributed by atoms with van der Waals surface area (Å²) in [5.41, 5.74) is 0.599. The molecule has 1 fully saturated rings. The van der Waals surface area contributed by atoms with Crippen molar-refractivity contribution in [2.24, 2.45) is 0 Å². The molecule has 0 aliphatic carbocycles. The maximum absolute atomic E-state index is 13.8. The van der Waals surface area contributed by atoms with Gasteiger partial charge in [0.25, 0.3) is 0 Å². The highest BCUT2D eigenvalue weighted by atomic mass is 32.2. The number of amides is 1. The topological polar surface area (TPSA) is 75.7 Å². The molecule has 6 nitrogen and oxygen atoms in total. The normalized spacial score (nSPS) is 17.4. The Labute approximate surface area is 155 Å². The first-order chi connectivity index (χ1) is 12.8. The van der Waals surface area contributed by atoms with Crippen molar-refractivity contribution >= 4 is 21.6 Å².